The van der Waals surface area contributed by atoms with E-state index in [1.54, 1.807) is 0 Å². The van der Waals surface area contributed by atoms with Gasteiger partial charge < -0.3 is 19.7 Å². The Bertz CT molecular complexity index is 959. The molecule has 0 saturated heterocycles. The normalized spacial score (nSPS) is 33.6. The van der Waals surface area contributed by atoms with E-state index in [9.17, 15) is 10.2 Å². The molecule has 0 aromatic heterocycles. The first kappa shape index (κ1) is 22.9. The lowest BCUT2D eigenvalue weighted by molar-refractivity contribution is -0.123. The maximum atomic E-state index is 11.9. The van der Waals surface area contributed by atoms with Crippen molar-refractivity contribution < 1.29 is 19.7 Å². The van der Waals surface area contributed by atoms with Crippen LogP contribution in [-0.4, -0.2) is 29.2 Å². The van der Waals surface area contributed by atoms with Crippen molar-refractivity contribution in [3.05, 3.63) is 65.2 Å². The Kier molecular flexibility index (Phi) is 6.28. The Balaban J connectivity index is 1.33. The monoisotopic (exact) mass is 450 g/mol. The fourth-order valence-corrected chi connectivity index (χ4v) is 7.40. The molecule has 1 unspecified atom stereocenters. The fraction of sp³-hybridized carbons (Fsp3) is 0.586. The van der Waals surface area contributed by atoms with Crippen molar-refractivity contribution in [2.75, 3.05) is 13.4 Å². The minimum atomic E-state index is -0.810. The molecule has 3 aliphatic rings. The van der Waals surface area contributed by atoms with Crippen molar-refractivity contribution in [1.82, 2.24) is 0 Å². The van der Waals surface area contributed by atoms with Gasteiger partial charge in [0.1, 0.15) is 5.75 Å². The van der Waals surface area contributed by atoms with Crippen molar-refractivity contribution in [3.8, 4) is 5.75 Å². The van der Waals surface area contributed by atoms with Crippen LogP contribution in [0.15, 0.2) is 48.5 Å². The maximum Gasteiger partial charge on any atom is 0.189 e. The van der Waals surface area contributed by atoms with Crippen LogP contribution in [-0.2, 0) is 11.2 Å². The molecule has 0 radical (unpaired) electrons. The number of ether oxygens (including phenoxy) is 2. The van der Waals surface area contributed by atoms with Crippen LogP contribution in [0, 0.1) is 17.3 Å². The van der Waals surface area contributed by atoms with Gasteiger partial charge in [-0.3, -0.25) is 0 Å². The Labute approximate surface area is 197 Å². The summed E-state index contributed by atoms with van der Waals surface area (Å²) in [5.74, 6) is 2.57. The van der Waals surface area contributed by atoms with Gasteiger partial charge >= 0.3 is 0 Å². The molecule has 2 N–H and O–H groups in total. The lowest BCUT2D eigenvalue weighted by Gasteiger charge is -2.53. The van der Waals surface area contributed by atoms with Crippen LogP contribution in [0.4, 0.5) is 0 Å². The summed E-state index contributed by atoms with van der Waals surface area (Å²) >= 11 is 0. The van der Waals surface area contributed by atoms with Gasteiger partial charge in [-0.25, -0.2) is 0 Å². The molecule has 4 nitrogen and oxygen atoms in total. The van der Waals surface area contributed by atoms with E-state index in [2.05, 4.69) is 25.1 Å². The minimum Gasteiger partial charge on any atom is -0.468 e. The van der Waals surface area contributed by atoms with E-state index in [1.807, 2.05) is 37.3 Å². The second-order valence-electron chi connectivity index (χ2n) is 10.7. The van der Waals surface area contributed by atoms with E-state index >= 15 is 0 Å². The van der Waals surface area contributed by atoms with Crippen LogP contribution in [0.1, 0.15) is 81.1 Å². The zero-order valence-electron chi connectivity index (χ0n) is 20.0. The molecule has 2 saturated carbocycles. The first-order valence-corrected chi connectivity index (χ1v) is 12.7. The molecule has 2 aromatic carbocycles. The van der Waals surface area contributed by atoms with E-state index < -0.39 is 11.7 Å². The molecular weight excluding hydrogens is 412 g/mol. The number of aliphatic hydroxyl groups is 2. The molecule has 0 aliphatic heterocycles. The highest BCUT2D eigenvalue weighted by Gasteiger charge is 2.61. The summed E-state index contributed by atoms with van der Waals surface area (Å²) in [6.07, 6.45) is 6.01. The van der Waals surface area contributed by atoms with E-state index in [4.69, 9.17) is 9.47 Å². The van der Waals surface area contributed by atoms with E-state index in [1.165, 1.54) is 17.5 Å². The molecule has 33 heavy (non-hydrogen) atoms. The third-order valence-corrected chi connectivity index (χ3v) is 9.25. The molecular formula is C29H38O4. The van der Waals surface area contributed by atoms with Crippen molar-refractivity contribution >= 4 is 0 Å². The average Bonchev–Trinajstić information content (AvgIpc) is 3.10. The van der Waals surface area contributed by atoms with E-state index in [0.29, 0.717) is 37.6 Å². The smallest absolute Gasteiger partial charge is 0.189 e. The lowest BCUT2D eigenvalue weighted by atomic mass is 9.52. The van der Waals surface area contributed by atoms with Gasteiger partial charge in [-0.2, -0.15) is 0 Å². The van der Waals surface area contributed by atoms with Crippen LogP contribution in [0.2, 0.25) is 0 Å². The van der Waals surface area contributed by atoms with Crippen LogP contribution in [0.3, 0.4) is 0 Å². The van der Waals surface area contributed by atoms with Crippen molar-refractivity contribution in [2.45, 2.75) is 76.4 Å². The Morgan fingerprint density at radius 1 is 1.06 bits per heavy atom. The molecule has 0 bridgehead atoms. The van der Waals surface area contributed by atoms with Gasteiger partial charge in [0.05, 0.1) is 11.7 Å². The zero-order valence-corrected chi connectivity index (χ0v) is 20.0. The molecule has 3 aliphatic carbocycles. The number of aliphatic hydroxyl groups excluding tert-OH is 1. The second-order valence-corrected chi connectivity index (χ2v) is 10.7. The fourth-order valence-electron chi connectivity index (χ4n) is 7.40. The predicted octanol–water partition coefficient (Wildman–Crippen LogP) is 5.77. The van der Waals surface area contributed by atoms with Crippen molar-refractivity contribution in [3.63, 3.8) is 0 Å². The zero-order chi connectivity index (χ0) is 23.1. The Hall–Kier alpha value is -1.88. The summed E-state index contributed by atoms with van der Waals surface area (Å²) in [5.41, 5.74) is 2.86. The third-order valence-electron chi connectivity index (χ3n) is 9.25. The van der Waals surface area contributed by atoms with Gasteiger partial charge in [0, 0.05) is 13.0 Å². The summed E-state index contributed by atoms with van der Waals surface area (Å²) in [7, 11) is 0. The molecule has 2 aromatic rings. The van der Waals surface area contributed by atoms with Gasteiger partial charge in [-0.15, -0.1) is 0 Å². The van der Waals surface area contributed by atoms with Gasteiger partial charge in [-0.05, 0) is 97.4 Å². The summed E-state index contributed by atoms with van der Waals surface area (Å²) in [6.45, 7) is 5.23. The third kappa shape index (κ3) is 4.00. The maximum absolute atomic E-state index is 11.9. The highest BCUT2D eigenvalue weighted by atomic mass is 16.7. The lowest BCUT2D eigenvalue weighted by Crippen LogP contribution is -2.51. The largest absolute Gasteiger partial charge is 0.468 e. The standard InChI is InChI=1S/C29H38O4/c1-3-32-19-33-22-10-12-23-21(17-22)9-11-25-24(23)13-15-28(2)26(25)14-16-29(28,31)18-27(30)20-7-5-4-6-8-20/h4-8,10,12,17,24-27,30-31H,3,9,11,13-16,18-19H2,1-2H3/t24-,25-,26+,27?,28+,29-/m1/s1. The molecule has 0 heterocycles. The molecule has 178 valence electrons. The molecule has 6 atom stereocenters. The summed E-state index contributed by atoms with van der Waals surface area (Å²) in [5, 5.41) is 22.8. The average molecular weight is 451 g/mol. The topological polar surface area (TPSA) is 58.9 Å². The number of hydrogen-bond donors (Lipinski definition) is 2. The summed E-state index contributed by atoms with van der Waals surface area (Å²) < 4.78 is 11.1. The summed E-state index contributed by atoms with van der Waals surface area (Å²) in [6, 6.07) is 16.4. The van der Waals surface area contributed by atoms with Crippen LogP contribution >= 0.6 is 0 Å². The molecule has 5 rings (SSSR count). The molecule has 0 amide bonds. The number of hydrogen-bond acceptors (Lipinski definition) is 4. The highest BCUT2D eigenvalue weighted by molar-refractivity contribution is 5.41. The quantitative estimate of drug-likeness (QED) is 0.415. The first-order valence-electron chi connectivity index (χ1n) is 12.7. The second kappa shape index (κ2) is 9.05. The van der Waals surface area contributed by atoms with Gasteiger partial charge in [0.2, 0.25) is 0 Å². The van der Waals surface area contributed by atoms with Crippen LogP contribution < -0.4 is 4.74 Å². The van der Waals surface area contributed by atoms with Crippen molar-refractivity contribution in [1.29, 1.82) is 0 Å². The Morgan fingerprint density at radius 3 is 2.67 bits per heavy atom. The number of benzene rings is 2. The molecule has 2 fully saturated rings. The number of fused-ring (bicyclic) bond motifs is 5. The highest BCUT2D eigenvalue weighted by Crippen LogP contribution is 2.65. The summed E-state index contributed by atoms with van der Waals surface area (Å²) in [4.78, 5) is 0. The SMILES string of the molecule is CCOCOc1ccc2c(c1)CC[C@@H]1[C@@H]2CC[C@@]2(C)[C@H]1CC[C@@]2(O)CC(O)c1ccccc1. The van der Waals surface area contributed by atoms with Gasteiger partial charge in [0.25, 0.3) is 0 Å². The van der Waals surface area contributed by atoms with Gasteiger partial charge in [-0.1, -0.05) is 43.3 Å². The predicted molar refractivity (Wildman–Crippen MR) is 129 cm³/mol. The Morgan fingerprint density at radius 2 is 1.88 bits per heavy atom. The van der Waals surface area contributed by atoms with E-state index in [0.717, 1.165) is 43.4 Å². The van der Waals surface area contributed by atoms with Crippen LogP contribution in [0.25, 0.3) is 0 Å². The number of rotatable bonds is 7. The van der Waals surface area contributed by atoms with Gasteiger partial charge in [0.15, 0.2) is 6.79 Å². The molecule has 0 spiro atoms. The van der Waals surface area contributed by atoms with E-state index in [-0.39, 0.29) is 5.41 Å². The minimum absolute atomic E-state index is 0.137. The van der Waals surface area contributed by atoms with Crippen molar-refractivity contribution in [2.24, 2.45) is 17.3 Å². The number of aryl methyl sites for hydroxylation is 1. The van der Waals surface area contributed by atoms with Crippen LogP contribution in [0.5, 0.6) is 5.75 Å². The first-order chi connectivity index (χ1) is 15.9. The molecule has 4 heteroatoms.